The number of hydrogen-bond acceptors (Lipinski definition) is 6. The number of carbonyl (C=O) groups excluding carboxylic acids is 1. The fourth-order valence-corrected chi connectivity index (χ4v) is 5.15. The van der Waals surface area contributed by atoms with E-state index in [1.54, 1.807) is 4.90 Å². The van der Waals surface area contributed by atoms with E-state index in [9.17, 15) is 4.79 Å². The molecule has 8 nitrogen and oxygen atoms in total. The summed E-state index contributed by atoms with van der Waals surface area (Å²) >= 11 is 0. The van der Waals surface area contributed by atoms with Gasteiger partial charge in [0.25, 0.3) is 0 Å². The van der Waals surface area contributed by atoms with Crippen LogP contribution in [0.2, 0.25) is 0 Å². The maximum atomic E-state index is 12.5. The topological polar surface area (TPSA) is 75.5 Å². The maximum absolute atomic E-state index is 12.5. The van der Waals surface area contributed by atoms with Crippen LogP contribution in [0.3, 0.4) is 0 Å². The molecule has 8 heteroatoms. The Morgan fingerprint density at radius 3 is 2.62 bits per heavy atom. The van der Waals surface area contributed by atoms with Gasteiger partial charge in [0.1, 0.15) is 11.4 Å². The molecule has 2 unspecified atom stereocenters. The molecule has 3 aliphatic rings. The van der Waals surface area contributed by atoms with Gasteiger partial charge in [0.15, 0.2) is 5.82 Å². The molecule has 1 amide bonds. The van der Waals surface area contributed by atoms with E-state index in [0.29, 0.717) is 13.1 Å². The Balaban J connectivity index is 1.37. The molecule has 4 heterocycles. The van der Waals surface area contributed by atoms with Crippen LogP contribution in [0.25, 0.3) is 5.70 Å². The highest BCUT2D eigenvalue weighted by Crippen LogP contribution is 2.39. The summed E-state index contributed by atoms with van der Waals surface area (Å²) in [4.78, 5) is 16.8. The summed E-state index contributed by atoms with van der Waals surface area (Å²) in [5.41, 5.74) is 3.04. The zero-order valence-electron chi connectivity index (χ0n) is 20.7. The first-order valence-corrected chi connectivity index (χ1v) is 12.1. The monoisotopic (exact) mass is 462 g/mol. The quantitative estimate of drug-likeness (QED) is 0.744. The van der Waals surface area contributed by atoms with Crippen molar-refractivity contribution in [1.82, 2.24) is 29.9 Å². The predicted molar refractivity (Wildman–Crippen MR) is 131 cm³/mol. The van der Waals surface area contributed by atoms with Crippen molar-refractivity contribution in [2.75, 3.05) is 13.1 Å². The van der Waals surface area contributed by atoms with E-state index >= 15 is 0 Å². The summed E-state index contributed by atoms with van der Waals surface area (Å²) in [6.07, 6.45) is 5.22. The van der Waals surface area contributed by atoms with Crippen LogP contribution in [0.1, 0.15) is 57.4 Å². The Morgan fingerprint density at radius 1 is 1.12 bits per heavy atom. The van der Waals surface area contributed by atoms with Gasteiger partial charge < -0.3 is 24.4 Å². The number of likely N-dealkylation sites (tertiary alicyclic amines) is 1. The van der Waals surface area contributed by atoms with Gasteiger partial charge in [-0.15, -0.1) is 10.2 Å². The Labute approximate surface area is 201 Å². The first-order chi connectivity index (χ1) is 16.2. The van der Waals surface area contributed by atoms with Gasteiger partial charge in [0.05, 0.1) is 17.8 Å². The number of aryl methyl sites for hydroxylation is 1. The number of carbonyl (C=O) groups is 1. The summed E-state index contributed by atoms with van der Waals surface area (Å²) in [5.74, 6) is 1.77. The highest BCUT2D eigenvalue weighted by atomic mass is 16.6. The fraction of sp³-hybridized carbons (Fsp3) is 0.500. The minimum Gasteiger partial charge on any atom is -0.444 e. The molecule has 1 N–H and O–H groups in total. The molecule has 5 rings (SSSR count). The minimum atomic E-state index is -0.493. The lowest BCUT2D eigenvalue weighted by atomic mass is 10.0. The van der Waals surface area contributed by atoms with Gasteiger partial charge >= 0.3 is 6.09 Å². The Hall–Kier alpha value is -3.29. The molecule has 0 radical (unpaired) electrons. The molecule has 0 saturated carbocycles. The zero-order chi connectivity index (χ0) is 24.0. The van der Waals surface area contributed by atoms with Crippen molar-refractivity contribution in [3.8, 4) is 0 Å². The third-order valence-corrected chi connectivity index (χ3v) is 6.71. The summed E-state index contributed by atoms with van der Waals surface area (Å²) < 4.78 is 7.80. The van der Waals surface area contributed by atoms with Gasteiger partial charge in [-0.1, -0.05) is 30.3 Å². The second-order valence-electron chi connectivity index (χ2n) is 10.5. The lowest BCUT2D eigenvalue weighted by molar-refractivity contribution is 0.0291. The lowest BCUT2D eigenvalue weighted by Gasteiger charge is -2.35. The number of allylic oxidation sites excluding steroid dienone is 1. The van der Waals surface area contributed by atoms with Crippen molar-refractivity contribution in [1.29, 1.82) is 0 Å². The highest BCUT2D eigenvalue weighted by Gasteiger charge is 2.40. The van der Waals surface area contributed by atoms with Crippen LogP contribution in [0.5, 0.6) is 0 Å². The van der Waals surface area contributed by atoms with Gasteiger partial charge in [-0.2, -0.15) is 0 Å². The van der Waals surface area contributed by atoms with Gasteiger partial charge in [-0.25, -0.2) is 4.79 Å². The van der Waals surface area contributed by atoms with Crippen molar-refractivity contribution in [3.63, 3.8) is 0 Å². The van der Waals surface area contributed by atoms with Crippen molar-refractivity contribution < 1.29 is 9.53 Å². The molecular weight excluding hydrogens is 428 g/mol. The third-order valence-electron chi connectivity index (χ3n) is 6.71. The molecule has 1 aromatic heterocycles. The molecule has 1 aromatic carbocycles. The van der Waals surface area contributed by atoms with Crippen LogP contribution in [0, 0.1) is 6.92 Å². The number of rotatable bonds is 4. The zero-order valence-corrected chi connectivity index (χ0v) is 20.7. The number of hydrogen-bond donors (Lipinski definition) is 1. The number of amides is 1. The average molecular weight is 463 g/mol. The van der Waals surface area contributed by atoms with Crippen LogP contribution < -0.4 is 5.32 Å². The number of benzene rings is 1. The molecule has 0 bridgehead atoms. The largest absolute Gasteiger partial charge is 0.444 e. The first-order valence-electron chi connectivity index (χ1n) is 12.1. The van der Waals surface area contributed by atoms with Crippen molar-refractivity contribution >= 4 is 11.8 Å². The Morgan fingerprint density at radius 2 is 1.88 bits per heavy atom. The summed E-state index contributed by atoms with van der Waals surface area (Å²) in [6.45, 7) is 12.0. The molecule has 1 fully saturated rings. The van der Waals surface area contributed by atoms with Crippen molar-refractivity contribution in [2.24, 2.45) is 0 Å². The predicted octanol–water partition coefficient (Wildman–Crippen LogP) is 3.87. The maximum Gasteiger partial charge on any atom is 0.410 e. The van der Waals surface area contributed by atoms with Crippen LogP contribution in [0.4, 0.5) is 4.79 Å². The van der Waals surface area contributed by atoms with E-state index < -0.39 is 5.60 Å². The number of nitrogens with one attached hydrogen (secondary N) is 1. The molecule has 3 aliphatic heterocycles. The molecule has 2 aromatic rings. The SMILES string of the molecule is CC1=CC2C(C=C(N[C@H]3CCN(C(=O)OC(C)(C)C)C3)c3nnc(C)n32)N1Cc1ccccc1. The second kappa shape index (κ2) is 8.49. The van der Waals surface area contributed by atoms with E-state index in [1.807, 2.05) is 27.7 Å². The minimum absolute atomic E-state index is 0.138. The van der Waals surface area contributed by atoms with E-state index in [-0.39, 0.29) is 24.2 Å². The van der Waals surface area contributed by atoms with E-state index in [0.717, 1.165) is 30.3 Å². The molecule has 34 heavy (non-hydrogen) atoms. The lowest BCUT2D eigenvalue weighted by Crippen LogP contribution is -2.41. The van der Waals surface area contributed by atoms with Crippen LogP contribution in [0.15, 0.2) is 48.2 Å². The summed E-state index contributed by atoms with van der Waals surface area (Å²) in [5, 5.41) is 12.6. The van der Waals surface area contributed by atoms with Crippen LogP contribution in [-0.2, 0) is 11.3 Å². The van der Waals surface area contributed by atoms with Gasteiger partial charge in [0, 0.05) is 31.4 Å². The number of aromatic nitrogens is 3. The number of ether oxygens (including phenoxy) is 1. The molecule has 180 valence electrons. The third kappa shape index (κ3) is 4.29. The number of nitrogens with zero attached hydrogens (tertiary/aromatic N) is 5. The van der Waals surface area contributed by atoms with Crippen LogP contribution in [-0.4, -0.2) is 61.4 Å². The average Bonchev–Trinajstić information content (AvgIpc) is 3.47. The van der Waals surface area contributed by atoms with E-state index in [4.69, 9.17) is 4.74 Å². The van der Waals surface area contributed by atoms with E-state index in [2.05, 4.69) is 74.4 Å². The van der Waals surface area contributed by atoms with Crippen LogP contribution >= 0.6 is 0 Å². The highest BCUT2D eigenvalue weighted by molar-refractivity contribution is 5.69. The summed E-state index contributed by atoms with van der Waals surface area (Å²) in [6, 6.07) is 11.1. The standard InChI is InChI=1S/C26H34N6O2/c1-17-13-23-22(31(17)15-19-9-7-6-8-10-19)14-21(24-29-28-18(2)32(23)24)27-20-11-12-30(16-20)25(33)34-26(3,4)5/h6-10,13-14,20,22-23,27H,11-12,15-16H2,1-5H3/t20-,22?,23?/m0/s1. The summed E-state index contributed by atoms with van der Waals surface area (Å²) in [7, 11) is 0. The Kier molecular flexibility index (Phi) is 5.62. The number of fused-ring (bicyclic) bond motifs is 3. The van der Waals surface area contributed by atoms with Crippen molar-refractivity contribution in [3.05, 3.63) is 65.4 Å². The fourth-order valence-electron chi connectivity index (χ4n) is 5.15. The normalized spacial score (nSPS) is 23.9. The molecule has 1 saturated heterocycles. The molecule has 0 aliphatic carbocycles. The van der Waals surface area contributed by atoms with Gasteiger partial charge in [0.2, 0.25) is 0 Å². The van der Waals surface area contributed by atoms with Gasteiger partial charge in [-0.3, -0.25) is 0 Å². The molecular formula is C26H34N6O2. The smallest absolute Gasteiger partial charge is 0.410 e. The van der Waals surface area contributed by atoms with Gasteiger partial charge in [-0.05, 0) is 58.8 Å². The second-order valence-corrected chi connectivity index (χ2v) is 10.5. The van der Waals surface area contributed by atoms with Crippen molar-refractivity contribution in [2.45, 2.75) is 71.3 Å². The molecule has 0 spiro atoms. The van der Waals surface area contributed by atoms with E-state index in [1.165, 1.54) is 11.3 Å². The Bertz CT molecular complexity index is 1130. The first kappa shape index (κ1) is 22.5. The molecule has 3 atom stereocenters.